The molecule has 0 spiro atoms. The van der Waals surface area contributed by atoms with Gasteiger partial charge in [0.15, 0.2) is 11.6 Å². The van der Waals surface area contributed by atoms with E-state index in [-0.39, 0.29) is 17.0 Å². The second kappa shape index (κ2) is 6.42. The highest BCUT2D eigenvalue weighted by molar-refractivity contribution is 7.99. The van der Waals surface area contributed by atoms with Crippen molar-refractivity contribution in [1.82, 2.24) is 14.9 Å². The highest BCUT2D eigenvalue weighted by Gasteiger charge is 2.21. The molecule has 0 radical (unpaired) electrons. The van der Waals surface area contributed by atoms with Crippen LogP contribution in [0.4, 0.5) is 5.69 Å². The molecule has 0 aliphatic heterocycles. The van der Waals surface area contributed by atoms with Gasteiger partial charge in [0.25, 0.3) is 5.69 Å². The second-order valence-electron chi connectivity index (χ2n) is 4.75. The molecule has 8 nitrogen and oxygen atoms in total. The van der Waals surface area contributed by atoms with Crippen LogP contribution >= 0.6 is 23.1 Å². The number of nitro benzene ring substituents is 1. The average Bonchev–Trinajstić information content (AvgIpc) is 3.18. The summed E-state index contributed by atoms with van der Waals surface area (Å²) in [6, 6.07) is 8.03. The van der Waals surface area contributed by atoms with E-state index in [0.29, 0.717) is 15.9 Å². The molecule has 0 fully saturated rings. The van der Waals surface area contributed by atoms with Gasteiger partial charge in [-0.25, -0.2) is 4.68 Å². The van der Waals surface area contributed by atoms with Crippen molar-refractivity contribution in [3.63, 3.8) is 0 Å². The number of thiophene rings is 1. The van der Waals surface area contributed by atoms with Crippen LogP contribution in [0.2, 0.25) is 0 Å². The first-order chi connectivity index (χ1) is 11.5. The Bertz CT molecular complexity index is 921. The molecule has 2 aromatic heterocycles. The molecule has 122 valence electrons. The lowest BCUT2D eigenvalue weighted by Crippen LogP contribution is -2.11. The molecule has 10 heteroatoms. The maximum atomic E-state index is 11.4. The molecule has 0 aliphatic rings. The molecule has 2 N–H and O–H groups in total. The smallest absolute Gasteiger partial charge is 0.284 e. The highest BCUT2D eigenvalue weighted by atomic mass is 32.2. The summed E-state index contributed by atoms with van der Waals surface area (Å²) in [5, 5.41) is 21.5. The molecule has 3 rings (SSSR count). The van der Waals surface area contributed by atoms with Crippen LogP contribution in [0.15, 0.2) is 45.8 Å². The van der Waals surface area contributed by atoms with Crippen molar-refractivity contribution < 1.29 is 9.72 Å². The third-order valence-corrected chi connectivity index (χ3v) is 5.06. The summed E-state index contributed by atoms with van der Waals surface area (Å²) in [5.74, 6) is 6.24. The van der Waals surface area contributed by atoms with E-state index in [1.807, 2.05) is 17.5 Å². The molecular formula is C14H11N5O3S2. The monoisotopic (exact) mass is 361 g/mol. The standard InChI is InChI=1S/C14H11N5O3S2/c1-8(20)9-4-5-11(10(7-9)19(21)22)24-14-17-16-13(18(14)15)12-3-2-6-23-12/h2-7H,15H2,1H3. The van der Waals surface area contributed by atoms with E-state index in [2.05, 4.69) is 10.2 Å². The van der Waals surface area contributed by atoms with Crippen LogP contribution in [0.25, 0.3) is 10.7 Å². The van der Waals surface area contributed by atoms with Crippen LogP contribution in [0, 0.1) is 10.1 Å². The quantitative estimate of drug-likeness (QED) is 0.321. The number of benzene rings is 1. The number of hydrogen-bond acceptors (Lipinski definition) is 8. The lowest BCUT2D eigenvalue weighted by molar-refractivity contribution is -0.387. The number of nitrogens with zero attached hydrogens (tertiary/aromatic N) is 4. The number of nitro groups is 1. The minimum atomic E-state index is -0.536. The minimum absolute atomic E-state index is 0.173. The van der Waals surface area contributed by atoms with Crippen molar-refractivity contribution in [2.24, 2.45) is 0 Å². The summed E-state index contributed by atoms with van der Waals surface area (Å²) in [7, 11) is 0. The third kappa shape index (κ3) is 3.01. The first-order valence-electron chi connectivity index (χ1n) is 6.69. The van der Waals surface area contributed by atoms with Crippen molar-refractivity contribution in [3.05, 3.63) is 51.4 Å². The van der Waals surface area contributed by atoms with Gasteiger partial charge in [-0.1, -0.05) is 6.07 Å². The fourth-order valence-electron chi connectivity index (χ4n) is 1.98. The molecule has 24 heavy (non-hydrogen) atoms. The number of rotatable bonds is 5. The molecule has 0 unspecified atom stereocenters. The minimum Gasteiger partial charge on any atom is -0.335 e. The van der Waals surface area contributed by atoms with Crippen molar-refractivity contribution in [1.29, 1.82) is 0 Å². The number of nitrogens with two attached hydrogens (primary N) is 1. The number of carbonyl (C=O) groups is 1. The van der Waals surface area contributed by atoms with Crippen molar-refractivity contribution in [3.8, 4) is 10.7 Å². The fourth-order valence-corrected chi connectivity index (χ4v) is 3.53. The Morgan fingerprint density at radius 1 is 1.38 bits per heavy atom. The van der Waals surface area contributed by atoms with E-state index < -0.39 is 4.92 Å². The number of aromatic nitrogens is 3. The molecule has 0 atom stereocenters. The third-order valence-electron chi connectivity index (χ3n) is 3.17. The Morgan fingerprint density at radius 3 is 2.79 bits per heavy atom. The zero-order valence-corrected chi connectivity index (χ0v) is 14.0. The summed E-state index contributed by atoms with van der Waals surface area (Å²) in [5.41, 5.74) is 0.105. The van der Waals surface area contributed by atoms with E-state index in [1.165, 1.54) is 41.1 Å². The van der Waals surface area contributed by atoms with E-state index in [9.17, 15) is 14.9 Å². The first kappa shape index (κ1) is 16.1. The zero-order chi connectivity index (χ0) is 17.3. The van der Waals surface area contributed by atoms with Gasteiger partial charge >= 0.3 is 0 Å². The van der Waals surface area contributed by atoms with E-state index in [0.717, 1.165) is 16.6 Å². The molecule has 1 aromatic carbocycles. The predicted octanol–water partition coefficient (Wildman–Crippen LogP) is 2.98. The summed E-state index contributed by atoms with van der Waals surface area (Å²) in [4.78, 5) is 23.3. The molecular weight excluding hydrogens is 350 g/mol. The Morgan fingerprint density at radius 2 is 2.17 bits per heavy atom. The maximum absolute atomic E-state index is 11.4. The lowest BCUT2D eigenvalue weighted by Gasteiger charge is -2.04. The molecule has 0 saturated heterocycles. The lowest BCUT2D eigenvalue weighted by atomic mass is 10.1. The van der Waals surface area contributed by atoms with Gasteiger partial charge in [0.1, 0.15) is 0 Å². The average molecular weight is 361 g/mol. The maximum Gasteiger partial charge on any atom is 0.284 e. The summed E-state index contributed by atoms with van der Waals surface area (Å²) >= 11 is 2.49. The predicted molar refractivity (Wildman–Crippen MR) is 90.7 cm³/mol. The number of hydrogen-bond donors (Lipinski definition) is 1. The van der Waals surface area contributed by atoms with Gasteiger partial charge in [0.05, 0.1) is 14.7 Å². The number of carbonyl (C=O) groups excluding carboxylic acids is 1. The van der Waals surface area contributed by atoms with Crippen LogP contribution < -0.4 is 5.84 Å². The number of nitrogen functional groups attached to an aromatic ring is 1. The van der Waals surface area contributed by atoms with Gasteiger partial charge in [-0.3, -0.25) is 14.9 Å². The topological polar surface area (TPSA) is 117 Å². The van der Waals surface area contributed by atoms with Crippen molar-refractivity contribution in [2.45, 2.75) is 17.0 Å². The Kier molecular flexibility index (Phi) is 4.32. The van der Waals surface area contributed by atoms with Gasteiger partial charge in [-0.2, -0.15) is 0 Å². The van der Waals surface area contributed by atoms with E-state index in [4.69, 9.17) is 5.84 Å². The zero-order valence-electron chi connectivity index (χ0n) is 12.4. The van der Waals surface area contributed by atoms with Crippen molar-refractivity contribution in [2.75, 3.05) is 5.84 Å². The molecule has 0 aliphatic carbocycles. The summed E-state index contributed by atoms with van der Waals surface area (Å²) < 4.78 is 1.29. The van der Waals surface area contributed by atoms with E-state index in [1.54, 1.807) is 0 Å². The molecule has 2 heterocycles. The van der Waals surface area contributed by atoms with Crippen molar-refractivity contribution >= 4 is 34.6 Å². The van der Waals surface area contributed by atoms with Gasteiger partial charge in [-0.05, 0) is 42.3 Å². The molecule has 0 bridgehead atoms. The van der Waals surface area contributed by atoms with Crippen LogP contribution in [0.3, 0.4) is 0 Å². The molecule has 0 saturated carbocycles. The Hall–Kier alpha value is -2.72. The van der Waals surface area contributed by atoms with Crippen LogP contribution in [0.1, 0.15) is 17.3 Å². The first-order valence-corrected chi connectivity index (χ1v) is 8.38. The van der Waals surface area contributed by atoms with Crippen LogP contribution in [0.5, 0.6) is 0 Å². The Labute approximate surface area is 144 Å². The number of ketones is 1. The Balaban J connectivity index is 1.97. The van der Waals surface area contributed by atoms with Gasteiger partial charge in [0, 0.05) is 11.6 Å². The SMILES string of the molecule is CC(=O)c1ccc(Sc2nnc(-c3cccs3)n2N)c([N+](=O)[O-])c1. The summed E-state index contributed by atoms with van der Waals surface area (Å²) in [6.07, 6.45) is 0. The van der Waals surface area contributed by atoms with Crippen LogP contribution in [-0.4, -0.2) is 25.6 Å². The largest absolute Gasteiger partial charge is 0.335 e. The highest BCUT2D eigenvalue weighted by Crippen LogP contribution is 2.35. The fraction of sp³-hybridized carbons (Fsp3) is 0.0714. The van der Waals surface area contributed by atoms with E-state index >= 15 is 0 Å². The second-order valence-corrected chi connectivity index (χ2v) is 6.71. The number of Topliss-reactive ketones (excluding diaryl/α,β-unsaturated/α-hetero) is 1. The van der Waals surface area contributed by atoms with Gasteiger partial charge in [0.2, 0.25) is 5.16 Å². The molecule has 3 aromatic rings. The molecule has 0 amide bonds. The van der Waals surface area contributed by atoms with Crippen LogP contribution in [-0.2, 0) is 0 Å². The summed E-state index contributed by atoms with van der Waals surface area (Å²) in [6.45, 7) is 1.36. The normalized spacial score (nSPS) is 10.7. The van der Waals surface area contributed by atoms with Gasteiger partial charge in [-0.15, -0.1) is 21.5 Å². The van der Waals surface area contributed by atoms with Gasteiger partial charge < -0.3 is 5.84 Å².